The van der Waals surface area contributed by atoms with Crippen LogP contribution in [0.5, 0.6) is 5.75 Å². The van der Waals surface area contributed by atoms with Gasteiger partial charge in [-0.2, -0.15) is 0 Å². The molecule has 1 aromatic carbocycles. The molecule has 0 saturated carbocycles. The molecule has 0 radical (unpaired) electrons. The number of fused-ring (bicyclic) bond motifs is 2. The molecule has 2 aliphatic rings. The first-order valence-corrected chi connectivity index (χ1v) is 12.8. The predicted molar refractivity (Wildman–Crippen MR) is 133 cm³/mol. The molecule has 36 heavy (non-hydrogen) atoms. The maximum atomic E-state index is 13.5. The minimum Gasteiger partial charge on any atom is -0.491 e. The van der Waals surface area contributed by atoms with E-state index in [-0.39, 0.29) is 43.0 Å². The second-order valence-electron chi connectivity index (χ2n) is 9.60. The molecule has 3 atom stereocenters. The lowest BCUT2D eigenvalue weighted by Gasteiger charge is -2.31. The van der Waals surface area contributed by atoms with E-state index < -0.39 is 29.8 Å². The third-order valence-electron chi connectivity index (χ3n) is 6.32. The molecule has 0 bridgehead atoms. The zero-order chi connectivity index (χ0) is 26.1. The first-order valence-electron chi connectivity index (χ1n) is 12.8. The second-order valence-corrected chi connectivity index (χ2v) is 9.60. The smallest absolute Gasteiger partial charge is 0.255 e. The summed E-state index contributed by atoms with van der Waals surface area (Å²) in [5, 5.41) is 8.22. The van der Waals surface area contributed by atoms with Crippen LogP contribution in [-0.4, -0.2) is 79.6 Å². The van der Waals surface area contributed by atoms with Gasteiger partial charge in [-0.3, -0.25) is 19.2 Å². The molecule has 0 aliphatic carbocycles. The Balaban J connectivity index is 1.89. The molecule has 2 heterocycles. The van der Waals surface area contributed by atoms with Crippen LogP contribution in [0.25, 0.3) is 0 Å². The number of hydrogen-bond acceptors (Lipinski definition) is 6. The topological polar surface area (TPSA) is 126 Å². The summed E-state index contributed by atoms with van der Waals surface area (Å²) in [6, 6.07) is 4.76. The van der Waals surface area contributed by atoms with E-state index in [0.717, 1.165) is 12.8 Å². The first kappa shape index (κ1) is 27.4. The van der Waals surface area contributed by atoms with Gasteiger partial charge in [0, 0.05) is 19.7 Å². The summed E-state index contributed by atoms with van der Waals surface area (Å²) in [5.41, 5.74) is 0.260. The Hall–Kier alpha value is -3.14. The third kappa shape index (κ3) is 7.43. The van der Waals surface area contributed by atoms with Gasteiger partial charge in [0.1, 0.15) is 24.4 Å². The van der Waals surface area contributed by atoms with Gasteiger partial charge < -0.3 is 30.3 Å². The van der Waals surface area contributed by atoms with Gasteiger partial charge in [-0.15, -0.1) is 0 Å². The first-order chi connectivity index (χ1) is 17.3. The molecule has 0 spiro atoms. The molecule has 10 nitrogen and oxygen atoms in total. The van der Waals surface area contributed by atoms with Crippen LogP contribution in [0.3, 0.4) is 0 Å². The average Bonchev–Trinajstić information content (AvgIpc) is 3.32. The summed E-state index contributed by atoms with van der Waals surface area (Å²) in [7, 11) is 0. The zero-order valence-electron chi connectivity index (χ0n) is 21.4. The summed E-state index contributed by atoms with van der Waals surface area (Å²) < 4.78 is 11.3. The maximum Gasteiger partial charge on any atom is 0.255 e. The van der Waals surface area contributed by atoms with Crippen LogP contribution in [0.15, 0.2) is 24.3 Å². The average molecular weight is 503 g/mol. The largest absolute Gasteiger partial charge is 0.491 e. The van der Waals surface area contributed by atoms with Crippen molar-refractivity contribution in [1.82, 2.24) is 20.9 Å². The Bertz CT molecular complexity index is 937. The van der Waals surface area contributed by atoms with Crippen molar-refractivity contribution in [2.45, 2.75) is 64.6 Å². The fourth-order valence-corrected chi connectivity index (χ4v) is 4.56. The molecule has 2 aliphatic heterocycles. The van der Waals surface area contributed by atoms with Gasteiger partial charge in [0.05, 0.1) is 24.6 Å². The fraction of sp³-hybridized carbons (Fsp3) is 0.615. The molecule has 1 aromatic rings. The minimum atomic E-state index is -1.13. The third-order valence-corrected chi connectivity index (χ3v) is 6.32. The molecule has 3 rings (SSSR count). The Morgan fingerprint density at radius 3 is 2.75 bits per heavy atom. The van der Waals surface area contributed by atoms with Gasteiger partial charge in [0.2, 0.25) is 17.7 Å². The zero-order valence-corrected chi connectivity index (χ0v) is 21.4. The molecule has 198 valence electrons. The van der Waals surface area contributed by atoms with Crippen molar-refractivity contribution < 1.29 is 28.7 Å². The monoisotopic (exact) mass is 502 g/mol. The maximum absolute atomic E-state index is 13.5. The minimum absolute atomic E-state index is 0.143. The highest BCUT2D eigenvalue weighted by Gasteiger charge is 2.36. The van der Waals surface area contributed by atoms with Gasteiger partial charge in [-0.1, -0.05) is 26.0 Å². The lowest BCUT2D eigenvalue weighted by Crippen LogP contribution is -2.54. The standard InChI is InChI=1S/C26H38N4O6/c1-4-35-13-11-27-25(33)20-15-23(31)28-21(14-17(2)3)26(34)30-12-7-8-18(30)16-36-22-10-6-5-9-19(22)24(32)29-20/h5-6,9-10,17-18,20-21H,4,7-8,11-16H2,1-3H3,(H,27,33)(H,28,31)(H,29,32)/t18-,20+,21+/m1/s1. The number of carbonyl (C=O) groups excluding carboxylic acids is 4. The molecule has 1 saturated heterocycles. The van der Waals surface area contributed by atoms with Crippen LogP contribution in [0.1, 0.15) is 56.8 Å². The second kappa shape index (κ2) is 13.2. The van der Waals surface area contributed by atoms with Crippen LogP contribution in [-0.2, 0) is 19.1 Å². The van der Waals surface area contributed by atoms with Crippen molar-refractivity contribution in [3.05, 3.63) is 29.8 Å². The van der Waals surface area contributed by atoms with Crippen LogP contribution < -0.4 is 20.7 Å². The normalized spacial score (nSPS) is 23.2. The molecule has 3 N–H and O–H groups in total. The summed E-state index contributed by atoms with van der Waals surface area (Å²) in [6.07, 6.45) is 1.79. The number of ether oxygens (including phenoxy) is 2. The Morgan fingerprint density at radius 2 is 2.00 bits per heavy atom. The number of rotatable bonds is 7. The number of carbonyl (C=O) groups is 4. The SMILES string of the molecule is CCOCCNC(=O)[C@@H]1CC(=O)N[C@@H](CC(C)C)C(=O)N2CCC[C@@H]2COc2ccccc2C(=O)N1. The number of nitrogens with zero attached hydrogens (tertiary/aromatic N) is 1. The number of amides is 4. The molecule has 0 unspecified atom stereocenters. The van der Waals surface area contributed by atoms with E-state index in [0.29, 0.717) is 31.9 Å². The summed E-state index contributed by atoms with van der Waals surface area (Å²) >= 11 is 0. The van der Waals surface area contributed by atoms with E-state index in [1.165, 1.54) is 0 Å². The lowest BCUT2D eigenvalue weighted by molar-refractivity contribution is -0.138. The lowest BCUT2D eigenvalue weighted by atomic mass is 10.0. The van der Waals surface area contributed by atoms with Gasteiger partial charge >= 0.3 is 0 Å². The van der Waals surface area contributed by atoms with Crippen LogP contribution >= 0.6 is 0 Å². The molecule has 4 amide bonds. The molecule has 10 heteroatoms. The van der Waals surface area contributed by atoms with Crippen LogP contribution in [0.4, 0.5) is 0 Å². The number of benzene rings is 1. The molecule has 1 fully saturated rings. The van der Waals surface area contributed by atoms with Gasteiger partial charge in [-0.25, -0.2) is 0 Å². The summed E-state index contributed by atoms with van der Waals surface area (Å²) in [4.78, 5) is 54.4. The molecular weight excluding hydrogens is 464 g/mol. The Labute approximate surface area is 212 Å². The van der Waals surface area contributed by atoms with E-state index in [4.69, 9.17) is 9.47 Å². The van der Waals surface area contributed by atoms with Crippen molar-refractivity contribution in [3.63, 3.8) is 0 Å². The molecule has 0 aromatic heterocycles. The van der Waals surface area contributed by atoms with Crippen molar-refractivity contribution in [2.24, 2.45) is 5.92 Å². The fourth-order valence-electron chi connectivity index (χ4n) is 4.56. The van der Waals surface area contributed by atoms with Crippen molar-refractivity contribution >= 4 is 23.6 Å². The Kier molecular flexibility index (Phi) is 10.1. The van der Waals surface area contributed by atoms with Crippen molar-refractivity contribution in [1.29, 1.82) is 0 Å². The highest BCUT2D eigenvalue weighted by Crippen LogP contribution is 2.24. The van der Waals surface area contributed by atoms with Gasteiger partial charge in [-0.05, 0) is 44.2 Å². The quantitative estimate of drug-likeness (QED) is 0.482. The summed E-state index contributed by atoms with van der Waals surface area (Å²) in [6.45, 7) is 7.71. The van der Waals surface area contributed by atoms with Crippen molar-refractivity contribution in [2.75, 3.05) is 32.9 Å². The van der Waals surface area contributed by atoms with E-state index in [1.807, 2.05) is 20.8 Å². The highest BCUT2D eigenvalue weighted by molar-refractivity contribution is 6.01. The van der Waals surface area contributed by atoms with E-state index >= 15 is 0 Å². The van der Waals surface area contributed by atoms with E-state index in [1.54, 1.807) is 29.2 Å². The molecular formula is C26H38N4O6. The number of hydrogen-bond donors (Lipinski definition) is 3. The predicted octanol–water partition coefficient (Wildman–Crippen LogP) is 1.24. The van der Waals surface area contributed by atoms with Gasteiger partial charge in [0.15, 0.2) is 0 Å². The highest BCUT2D eigenvalue weighted by atomic mass is 16.5. The van der Waals surface area contributed by atoms with Gasteiger partial charge in [0.25, 0.3) is 5.91 Å². The summed E-state index contributed by atoms with van der Waals surface area (Å²) in [5.74, 6) is -1.11. The van der Waals surface area contributed by atoms with Crippen LogP contribution in [0, 0.1) is 5.92 Å². The Morgan fingerprint density at radius 1 is 1.22 bits per heavy atom. The van der Waals surface area contributed by atoms with E-state index in [9.17, 15) is 19.2 Å². The number of nitrogens with one attached hydrogen (secondary N) is 3. The van der Waals surface area contributed by atoms with Crippen molar-refractivity contribution in [3.8, 4) is 5.75 Å². The van der Waals surface area contributed by atoms with E-state index in [2.05, 4.69) is 16.0 Å². The number of para-hydroxylation sites is 1. The van der Waals surface area contributed by atoms with Crippen LogP contribution in [0.2, 0.25) is 0 Å².